The predicted molar refractivity (Wildman–Crippen MR) is 99.0 cm³/mol. The minimum Gasteiger partial charge on any atom is -0.497 e. The average Bonchev–Trinajstić information content (AvgIpc) is 2.51. The van der Waals surface area contributed by atoms with E-state index in [-0.39, 0.29) is 29.9 Å². The molecule has 0 atom stereocenters. The first-order valence-corrected chi connectivity index (χ1v) is 6.93. The number of anilines is 1. The van der Waals surface area contributed by atoms with E-state index in [2.05, 4.69) is 15.0 Å². The predicted octanol–water partition coefficient (Wildman–Crippen LogP) is 2.77. The molecular weight excluding hydrogens is 397 g/mol. The second-order valence-electron chi connectivity index (χ2n) is 4.51. The maximum atomic E-state index is 10.9. The minimum atomic E-state index is -0.167. The van der Waals surface area contributed by atoms with Gasteiger partial charge in [-0.15, -0.1) is 24.0 Å². The van der Waals surface area contributed by atoms with Crippen LogP contribution in [-0.2, 0) is 9.53 Å². The van der Waals surface area contributed by atoms with Crippen LogP contribution >= 0.6 is 24.0 Å². The van der Waals surface area contributed by atoms with Gasteiger partial charge in [0.1, 0.15) is 5.75 Å². The molecule has 0 unspecified atom stereocenters. The molecule has 6 nitrogen and oxygen atoms in total. The number of nitrogens with two attached hydrogens (primary N) is 1. The number of rotatable bonds is 8. The largest absolute Gasteiger partial charge is 0.497 e. The van der Waals surface area contributed by atoms with E-state index in [1.807, 2.05) is 24.3 Å². The van der Waals surface area contributed by atoms with E-state index in [4.69, 9.17) is 10.5 Å². The maximum Gasteiger partial charge on any atom is 0.305 e. The Kier molecular flexibility index (Phi) is 11.2. The van der Waals surface area contributed by atoms with E-state index >= 15 is 0 Å². The first-order valence-electron chi connectivity index (χ1n) is 6.93. The number of aliphatic imine (C=N–C) groups is 1. The molecule has 0 amide bonds. The van der Waals surface area contributed by atoms with Crippen molar-refractivity contribution in [3.05, 3.63) is 24.3 Å². The van der Waals surface area contributed by atoms with Crippen molar-refractivity contribution in [2.24, 2.45) is 10.7 Å². The van der Waals surface area contributed by atoms with Crippen LogP contribution in [0, 0.1) is 0 Å². The Morgan fingerprint density at radius 3 is 2.45 bits per heavy atom. The lowest BCUT2D eigenvalue weighted by molar-refractivity contribution is -0.140. The highest BCUT2D eigenvalue weighted by Gasteiger charge is 1.99. The first-order chi connectivity index (χ1) is 10.2. The van der Waals surface area contributed by atoms with Gasteiger partial charge in [-0.1, -0.05) is 6.42 Å². The summed E-state index contributed by atoms with van der Waals surface area (Å²) < 4.78 is 9.65. The van der Waals surface area contributed by atoms with Gasteiger partial charge in [0.2, 0.25) is 0 Å². The number of unbranched alkanes of at least 4 members (excludes halogenated alkanes) is 2. The van der Waals surface area contributed by atoms with Gasteiger partial charge in [-0.3, -0.25) is 9.79 Å². The van der Waals surface area contributed by atoms with Gasteiger partial charge in [-0.2, -0.15) is 0 Å². The number of methoxy groups -OCH3 is 2. The lowest BCUT2D eigenvalue weighted by Crippen LogP contribution is -2.22. The number of ether oxygens (including phenoxy) is 2. The summed E-state index contributed by atoms with van der Waals surface area (Å²) in [5.41, 5.74) is 6.66. The zero-order valence-electron chi connectivity index (χ0n) is 13.0. The van der Waals surface area contributed by atoms with Crippen molar-refractivity contribution in [3.8, 4) is 5.75 Å². The molecule has 0 saturated heterocycles. The molecule has 1 aromatic carbocycles. The monoisotopic (exact) mass is 421 g/mol. The summed E-state index contributed by atoms with van der Waals surface area (Å²) in [6.07, 6.45) is 3.09. The van der Waals surface area contributed by atoms with Crippen LogP contribution in [0.25, 0.3) is 0 Å². The van der Waals surface area contributed by atoms with Crippen molar-refractivity contribution in [3.63, 3.8) is 0 Å². The van der Waals surface area contributed by atoms with Gasteiger partial charge >= 0.3 is 5.97 Å². The average molecular weight is 421 g/mol. The molecule has 124 valence electrons. The first kappa shape index (κ1) is 20.5. The van der Waals surface area contributed by atoms with Crippen LogP contribution < -0.4 is 15.8 Å². The fraction of sp³-hybridized carbons (Fsp3) is 0.467. The smallest absolute Gasteiger partial charge is 0.305 e. The second-order valence-corrected chi connectivity index (χ2v) is 4.51. The molecule has 0 aliphatic heterocycles. The van der Waals surface area contributed by atoms with Crippen molar-refractivity contribution in [2.45, 2.75) is 25.7 Å². The molecule has 0 saturated carbocycles. The number of carbonyl (C=O) groups is 1. The van der Waals surface area contributed by atoms with Gasteiger partial charge in [0, 0.05) is 18.7 Å². The Balaban J connectivity index is 0.00000441. The van der Waals surface area contributed by atoms with Gasteiger partial charge in [-0.25, -0.2) is 0 Å². The van der Waals surface area contributed by atoms with Gasteiger partial charge in [0.25, 0.3) is 0 Å². The molecule has 0 aliphatic rings. The number of nitrogens with zero attached hydrogens (tertiary/aromatic N) is 1. The fourth-order valence-electron chi connectivity index (χ4n) is 1.72. The van der Waals surface area contributed by atoms with Crippen molar-refractivity contribution in [1.29, 1.82) is 0 Å². The van der Waals surface area contributed by atoms with Crippen LogP contribution in [0.15, 0.2) is 29.3 Å². The van der Waals surface area contributed by atoms with Crippen molar-refractivity contribution >= 4 is 41.6 Å². The Morgan fingerprint density at radius 2 is 1.86 bits per heavy atom. The van der Waals surface area contributed by atoms with E-state index in [0.717, 1.165) is 30.7 Å². The highest BCUT2D eigenvalue weighted by molar-refractivity contribution is 14.0. The van der Waals surface area contributed by atoms with Crippen LogP contribution in [0.2, 0.25) is 0 Å². The van der Waals surface area contributed by atoms with Crippen molar-refractivity contribution in [1.82, 2.24) is 0 Å². The SMILES string of the molecule is COC(=O)CCCCCN=C(N)Nc1ccc(OC)cc1.I. The summed E-state index contributed by atoms with van der Waals surface area (Å²) in [5, 5.41) is 3.01. The topological polar surface area (TPSA) is 85.9 Å². The molecule has 0 heterocycles. The Morgan fingerprint density at radius 1 is 1.18 bits per heavy atom. The van der Waals surface area contributed by atoms with Gasteiger partial charge in [-0.05, 0) is 37.1 Å². The molecule has 0 spiro atoms. The molecule has 7 heteroatoms. The number of benzene rings is 1. The van der Waals surface area contributed by atoms with Gasteiger partial charge < -0.3 is 20.5 Å². The van der Waals surface area contributed by atoms with Gasteiger partial charge in [0.05, 0.1) is 14.2 Å². The minimum absolute atomic E-state index is 0. The summed E-state index contributed by atoms with van der Waals surface area (Å²) in [6.45, 7) is 0.635. The molecule has 1 rings (SSSR count). The van der Waals surface area contributed by atoms with E-state index < -0.39 is 0 Å². The summed E-state index contributed by atoms with van der Waals surface area (Å²) in [4.78, 5) is 15.1. The molecule has 22 heavy (non-hydrogen) atoms. The van der Waals surface area contributed by atoms with Crippen LogP contribution in [0.3, 0.4) is 0 Å². The van der Waals surface area contributed by atoms with E-state index in [1.165, 1.54) is 7.11 Å². The Bertz CT molecular complexity index is 464. The zero-order chi connectivity index (χ0) is 15.5. The van der Waals surface area contributed by atoms with Crippen LogP contribution in [-0.4, -0.2) is 32.7 Å². The quantitative estimate of drug-likeness (QED) is 0.222. The molecule has 0 fully saturated rings. The summed E-state index contributed by atoms with van der Waals surface area (Å²) >= 11 is 0. The van der Waals surface area contributed by atoms with E-state index in [9.17, 15) is 4.79 Å². The van der Waals surface area contributed by atoms with Gasteiger partial charge in [0.15, 0.2) is 5.96 Å². The van der Waals surface area contributed by atoms with Crippen LogP contribution in [0.1, 0.15) is 25.7 Å². The third-order valence-electron chi connectivity index (χ3n) is 2.91. The lowest BCUT2D eigenvalue weighted by Gasteiger charge is -2.06. The number of guanidine groups is 1. The summed E-state index contributed by atoms with van der Waals surface area (Å²) in [5.74, 6) is 1.01. The van der Waals surface area contributed by atoms with E-state index in [0.29, 0.717) is 18.9 Å². The third-order valence-corrected chi connectivity index (χ3v) is 2.91. The number of halogens is 1. The molecule has 0 bridgehead atoms. The lowest BCUT2D eigenvalue weighted by atomic mass is 10.2. The number of esters is 1. The highest BCUT2D eigenvalue weighted by Crippen LogP contribution is 2.14. The van der Waals surface area contributed by atoms with Crippen molar-refractivity contribution < 1.29 is 14.3 Å². The standard InChI is InChI=1S/C15H23N3O3.HI/c1-20-13-9-7-12(8-10-13)18-15(16)17-11-5-3-4-6-14(19)21-2;/h7-10H,3-6,11H2,1-2H3,(H3,16,17,18);1H. The highest BCUT2D eigenvalue weighted by atomic mass is 127. The number of carbonyl (C=O) groups excluding carboxylic acids is 1. The normalized spacial score (nSPS) is 10.5. The zero-order valence-corrected chi connectivity index (χ0v) is 15.3. The molecule has 0 aromatic heterocycles. The molecular formula is C15H24IN3O3. The second kappa shape index (κ2) is 12.1. The van der Waals surface area contributed by atoms with Crippen LogP contribution in [0.5, 0.6) is 5.75 Å². The number of hydrogen-bond acceptors (Lipinski definition) is 4. The fourth-order valence-corrected chi connectivity index (χ4v) is 1.72. The maximum absolute atomic E-state index is 10.9. The van der Waals surface area contributed by atoms with Crippen molar-refractivity contribution in [2.75, 3.05) is 26.1 Å². The number of nitrogens with one attached hydrogen (secondary N) is 1. The third kappa shape index (κ3) is 8.71. The Hall–Kier alpha value is -1.51. The molecule has 1 aromatic rings. The van der Waals surface area contributed by atoms with Crippen LogP contribution in [0.4, 0.5) is 5.69 Å². The molecule has 0 aliphatic carbocycles. The molecule has 0 radical (unpaired) electrons. The van der Waals surface area contributed by atoms with E-state index in [1.54, 1.807) is 7.11 Å². The molecule has 3 N–H and O–H groups in total. The summed E-state index contributed by atoms with van der Waals surface area (Å²) in [7, 11) is 3.02. The summed E-state index contributed by atoms with van der Waals surface area (Å²) in [6, 6.07) is 7.44. The number of hydrogen-bond donors (Lipinski definition) is 2. The Labute approximate surface area is 148 Å².